The van der Waals surface area contributed by atoms with Crippen molar-refractivity contribution in [2.24, 2.45) is 11.8 Å². The molecule has 3 unspecified atom stereocenters. The maximum absolute atomic E-state index is 12.4. The maximum Gasteiger partial charge on any atom is 0.410 e. The van der Waals surface area contributed by atoms with Crippen LogP contribution in [0.25, 0.3) is 0 Å². The number of carbonyl (C=O) groups is 1. The fourth-order valence-corrected chi connectivity index (χ4v) is 3.03. The highest BCUT2D eigenvalue weighted by molar-refractivity contribution is 5.69. The van der Waals surface area contributed by atoms with Crippen LogP contribution in [0.3, 0.4) is 0 Å². The Morgan fingerprint density at radius 2 is 1.73 bits per heavy atom. The zero-order valence-corrected chi connectivity index (χ0v) is 15.8. The second-order valence-corrected chi connectivity index (χ2v) is 8.78. The Bertz CT molecular complexity index is 368. The van der Waals surface area contributed by atoms with Gasteiger partial charge in [-0.1, -0.05) is 13.8 Å². The second kappa shape index (κ2) is 7.20. The molecule has 1 amide bonds. The van der Waals surface area contributed by atoms with Gasteiger partial charge in [-0.15, -0.1) is 0 Å². The van der Waals surface area contributed by atoms with Crippen molar-refractivity contribution in [3.05, 3.63) is 0 Å². The normalized spacial score (nSPS) is 26.1. The van der Waals surface area contributed by atoms with Gasteiger partial charge in [0, 0.05) is 24.7 Å². The molecule has 1 saturated carbocycles. The highest BCUT2D eigenvalue weighted by Gasteiger charge is 2.32. The lowest BCUT2D eigenvalue weighted by molar-refractivity contribution is 0.00639. The predicted octanol–water partition coefficient (Wildman–Crippen LogP) is 4.05. The summed E-state index contributed by atoms with van der Waals surface area (Å²) in [5.74, 6) is 1.51. The van der Waals surface area contributed by atoms with Gasteiger partial charge in [0.1, 0.15) is 5.60 Å². The summed E-state index contributed by atoms with van der Waals surface area (Å²) in [7, 11) is 0. The van der Waals surface area contributed by atoms with Crippen LogP contribution in [0.15, 0.2) is 0 Å². The molecule has 0 aliphatic heterocycles. The van der Waals surface area contributed by atoms with E-state index in [0.717, 1.165) is 12.5 Å². The van der Waals surface area contributed by atoms with Crippen LogP contribution in [0.4, 0.5) is 4.79 Å². The van der Waals surface area contributed by atoms with E-state index in [-0.39, 0.29) is 11.6 Å². The maximum atomic E-state index is 12.4. The summed E-state index contributed by atoms with van der Waals surface area (Å²) < 4.78 is 5.55. The van der Waals surface area contributed by atoms with Crippen LogP contribution in [0, 0.1) is 11.8 Å². The van der Waals surface area contributed by atoms with Crippen LogP contribution in [0.1, 0.15) is 68.2 Å². The van der Waals surface area contributed by atoms with E-state index in [4.69, 9.17) is 4.74 Å². The van der Waals surface area contributed by atoms with Crippen LogP contribution in [-0.2, 0) is 4.74 Å². The van der Waals surface area contributed by atoms with Gasteiger partial charge in [-0.25, -0.2) is 4.79 Å². The molecule has 0 radical (unpaired) electrons. The Kier molecular flexibility index (Phi) is 6.31. The number of hydrogen-bond acceptors (Lipinski definition) is 3. The summed E-state index contributed by atoms with van der Waals surface area (Å²) in [6, 6.07) is 0.579. The van der Waals surface area contributed by atoms with Gasteiger partial charge in [0.2, 0.25) is 0 Å². The van der Waals surface area contributed by atoms with E-state index in [2.05, 4.69) is 39.9 Å². The zero-order valence-electron chi connectivity index (χ0n) is 15.8. The van der Waals surface area contributed by atoms with E-state index in [1.165, 1.54) is 12.8 Å². The highest BCUT2D eigenvalue weighted by Crippen LogP contribution is 2.31. The summed E-state index contributed by atoms with van der Waals surface area (Å²) in [6.07, 6.45) is 2.31. The number of carbonyl (C=O) groups excluding carboxylic acids is 1. The van der Waals surface area contributed by atoms with Gasteiger partial charge in [0.15, 0.2) is 0 Å². The third-order valence-corrected chi connectivity index (χ3v) is 4.63. The fraction of sp³-hybridized carbons (Fsp3) is 0.944. The molecule has 0 bridgehead atoms. The van der Waals surface area contributed by atoms with Crippen LogP contribution >= 0.6 is 0 Å². The van der Waals surface area contributed by atoms with Crippen molar-refractivity contribution < 1.29 is 9.53 Å². The molecule has 22 heavy (non-hydrogen) atoms. The van der Waals surface area contributed by atoms with Gasteiger partial charge < -0.3 is 15.0 Å². The molecule has 0 saturated heterocycles. The molecule has 1 aliphatic rings. The quantitative estimate of drug-likeness (QED) is 0.851. The van der Waals surface area contributed by atoms with E-state index in [0.29, 0.717) is 18.5 Å². The van der Waals surface area contributed by atoms with E-state index in [9.17, 15) is 4.79 Å². The molecule has 1 aliphatic carbocycles. The summed E-state index contributed by atoms with van der Waals surface area (Å²) in [5.41, 5.74) is -0.692. The molecule has 4 heteroatoms. The van der Waals surface area contributed by atoms with Gasteiger partial charge in [-0.05, 0) is 66.2 Å². The molecule has 3 atom stereocenters. The van der Waals surface area contributed by atoms with Crippen LogP contribution in [-0.4, -0.2) is 41.3 Å². The van der Waals surface area contributed by atoms with Crippen molar-refractivity contribution in [2.75, 3.05) is 13.1 Å². The van der Waals surface area contributed by atoms with E-state index < -0.39 is 5.60 Å². The minimum atomic E-state index is -0.455. The third-order valence-electron chi connectivity index (χ3n) is 4.63. The van der Waals surface area contributed by atoms with Gasteiger partial charge in [0.05, 0.1) is 0 Å². The minimum absolute atomic E-state index is 0.227. The zero-order chi connectivity index (χ0) is 17.1. The van der Waals surface area contributed by atoms with Crippen molar-refractivity contribution in [3.63, 3.8) is 0 Å². The average molecular weight is 312 g/mol. The van der Waals surface area contributed by atoms with Gasteiger partial charge >= 0.3 is 6.09 Å². The summed E-state index contributed by atoms with van der Waals surface area (Å²) in [6.45, 7) is 18.0. The Morgan fingerprint density at radius 1 is 1.14 bits per heavy atom. The number of ether oxygens (including phenoxy) is 1. The van der Waals surface area contributed by atoms with Crippen LogP contribution in [0.5, 0.6) is 0 Å². The lowest BCUT2D eigenvalue weighted by Crippen LogP contribution is -2.51. The Morgan fingerprint density at radius 3 is 2.14 bits per heavy atom. The third kappa shape index (κ3) is 5.79. The van der Waals surface area contributed by atoms with Crippen LogP contribution < -0.4 is 5.32 Å². The largest absolute Gasteiger partial charge is 0.444 e. The molecular weight excluding hydrogens is 276 g/mol. The van der Waals surface area contributed by atoms with Gasteiger partial charge in [-0.3, -0.25) is 0 Å². The first-order valence-electron chi connectivity index (χ1n) is 8.66. The van der Waals surface area contributed by atoms with Crippen molar-refractivity contribution in [2.45, 2.75) is 85.4 Å². The number of nitrogens with zero attached hydrogens (tertiary/aromatic N) is 1. The molecule has 1 N–H and O–H groups in total. The Hall–Kier alpha value is -0.770. The van der Waals surface area contributed by atoms with E-state index in [1.807, 2.05) is 25.7 Å². The molecule has 0 aromatic carbocycles. The molecule has 0 spiro atoms. The van der Waals surface area contributed by atoms with Crippen molar-refractivity contribution in [1.82, 2.24) is 10.2 Å². The summed E-state index contributed by atoms with van der Waals surface area (Å²) in [4.78, 5) is 14.3. The lowest BCUT2D eigenvalue weighted by Gasteiger charge is -2.37. The Balaban J connectivity index is 2.54. The number of hydrogen-bond donors (Lipinski definition) is 1. The minimum Gasteiger partial charge on any atom is -0.444 e. The van der Waals surface area contributed by atoms with Gasteiger partial charge in [0.25, 0.3) is 0 Å². The number of rotatable bonds is 4. The SMILES string of the molecule is CC1CCC(NCCN(C(=O)OC(C)(C)C)C(C)(C)C)C1C. The van der Waals surface area contributed by atoms with Crippen molar-refractivity contribution in [1.29, 1.82) is 0 Å². The molecule has 130 valence electrons. The molecule has 0 heterocycles. The molecule has 4 nitrogen and oxygen atoms in total. The molecular formula is C18H36N2O2. The number of nitrogens with one attached hydrogen (secondary N) is 1. The van der Waals surface area contributed by atoms with E-state index in [1.54, 1.807) is 0 Å². The first kappa shape index (κ1) is 19.3. The monoisotopic (exact) mass is 312 g/mol. The lowest BCUT2D eigenvalue weighted by atomic mass is 9.98. The number of amides is 1. The molecule has 1 fully saturated rings. The summed E-state index contributed by atoms with van der Waals surface area (Å²) >= 11 is 0. The predicted molar refractivity (Wildman–Crippen MR) is 92.0 cm³/mol. The van der Waals surface area contributed by atoms with E-state index >= 15 is 0 Å². The standard InChI is InChI=1S/C18H36N2O2/c1-13-9-10-15(14(13)2)19-11-12-20(17(3,4)5)16(21)22-18(6,7)8/h13-15,19H,9-12H2,1-8H3. The molecule has 1 rings (SSSR count). The first-order valence-corrected chi connectivity index (χ1v) is 8.66. The second-order valence-electron chi connectivity index (χ2n) is 8.78. The molecule has 0 aromatic rings. The average Bonchev–Trinajstić information content (AvgIpc) is 2.62. The van der Waals surface area contributed by atoms with Crippen LogP contribution in [0.2, 0.25) is 0 Å². The van der Waals surface area contributed by atoms with Gasteiger partial charge in [-0.2, -0.15) is 0 Å². The topological polar surface area (TPSA) is 41.6 Å². The van der Waals surface area contributed by atoms with Crippen molar-refractivity contribution in [3.8, 4) is 0 Å². The molecule has 0 aromatic heterocycles. The highest BCUT2D eigenvalue weighted by atomic mass is 16.6. The fourth-order valence-electron chi connectivity index (χ4n) is 3.03. The first-order chi connectivity index (χ1) is 9.92. The van der Waals surface area contributed by atoms with Crippen molar-refractivity contribution >= 4 is 6.09 Å². The summed E-state index contributed by atoms with van der Waals surface area (Å²) in [5, 5.41) is 3.63. The smallest absolute Gasteiger partial charge is 0.410 e. The Labute approximate surface area is 137 Å².